The molecule has 1 aromatic rings. The van der Waals surface area contributed by atoms with Crippen LogP contribution >= 0.6 is 15.9 Å². The third kappa shape index (κ3) is 4.63. The Balaban J connectivity index is 2.82. The summed E-state index contributed by atoms with van der Waals surface area (Å²) in [4.78, 5) is 14.0. The third-order valence-corrected chi connectivity index (χ3v) is 3.79. The van der Waals surface area contributed by atoms with E-state index < -0.39 is 16.1 Å². The Bertz CT molecular complexity index is 564. The molecule has 1 amide bonds. The number of sulfonamides is 1. The number of nitrogens with zero attached hydrogens (tertiary/aromatic N) is 1. The van der Waals surface area contributed by atoms with E-state index >= 15 is 0 Å². The molecular formula is C8H12BrN5O4S. The number of aromatic nitrogens is 1. The highest BCUT2D eigenvalue weighted by atomic mass is 79.9. The van der Waals surface area contributed by atoms with Crippen molar-refractivity contribution < 1.29 is 17.9 Å². The van der Waals surface area contributed by atoms with Crippen LogP contribution in [0, 0.1) is 0 Å². The van der Waals surface area contributed by atoms with Gasteiger partial charge in [0.05, 0.1) is 0 Å². The van der Waals surface area contributed by atoms with Crippen molar-refractivity contribution in [1.82, 2.24) is 9.71 Å². The SMILES string of the molecule is NNc1ncc(Br)cc1S(=O)(=O)NCCOC(N)=O. The van der Waals surface area contributed by atoms with Crippen LogP contribution in [0.5, 0.6) is 0 Å². The molecule has 11 heteroatoms. The molecule has 0 spiro atoms. The van der Waals surface area contributed by atoms with Crippen LogP contribution in [-0.4, -0.2) is 32.6 Å². The molecule has 0 radical (unpaired) electrons. The van der Waals surface area contributed by atoms with Gasteiger partial charge in [0.2, 0.25) is 10.0 Å². The second-order valence-electron chi connectivity index (χ2n) is 3.21. The summed E-state index contributed by atoms with van der Waals surface area (Å²) in [5.41, 5.74) is 6.92. The molecule has 1 aromatic heterocycles. The first-order chi connectivity index (χ1) is 8.86. The average Bonchev–Trinajstić information content (AvgIpc) is 2.34. The molecule has 0 atom stereocenters. The van der Waals surface area contributed by atoms with Gasteiger partial charge in [0.15, 0.2) is 5.82 Å². The fraction of sp³-hybridized carbons (Fsp3) is 0.250. The lowest BCUT2D eigenvalue weighted by Crippen LogP contribution is -2.30. The van der Waals surface area contributed by atoms with E-state index in [0.717, 1.165) is 0 Å². The molecule has 0 aromatic carbocycles. The summed E-state index contributed by atoms with van der Waals surface area (Å²) in [5, 5.41) is 0. The van der Waals surface area contributed by atoms with Crippen molar-refractivity contribution in [2.75, 3.05) is 18.6 Å². The van der Waals surface area contributed by atoms with Crippen LogP contribution in [0.1, 0.15) is 0 Å². The zero-order chi connectivity index (χ0) is 14.5. The van der Waals surface area contributed by atoms with Gasteiger partial charge in [-0.15, -0.1) is 0 Å². The van der Waals surface area contributed by atoms with Crippen molar-refractivity contribution >= 4 is 37.9 Å². The summed E-state index contributed by atoms with van der Waals surface area (Å²) in [6.07, 6.45) is 0.414. The van der Waals surface area contributed by atoms with E-state index in [2.05, 4.69) is 35.8 Å². The summed E-state index contributed by atoms with van der Waals surface area (Å²) < 4.78 is 31.0. The predicted octanol–water partition coefficient (Wildman–Crippen LogP) is -0.497. The zero-order valence-electron chi connectivity index (χ0n) is 9.59. The number of nitrogens with one attached hydrogen (secondary N) is 2. The summed E-state index contributed by atoms with van der Waals surface area (Å²) in [6, 6.07) is 1.33. The Labute approximate surface area is 117 Å². The van der Waals surface area contributed by atoms with E-state index in [-0.39, 0.29) is 23.9 Å². The minimum atomic E-state index is -3.84. The number of carbonyl (C=O) groups is 1. The number of rotatable bonds is 6. The normalized spacial score (nSPS) is 11.1. The predicted molar refractivity (Wildman–Crippen MR) is 70.5 cm³/mol. The second-order valence-corrected chi connectivity index (χ2v) is 5.86. The molecule has 6 N–H and O–H groups in total. The standard InChI is InChI=1S/C8H12BrN5O4S/c9-5-3-6(7(14-11)12-4-5)19(16,17)13-1-2-18-8(10)15/h3-4,13H,1-2,11H2,(H2,10,15)(H,12,14). The molecular weight excluding hydrogens is 342 g/mol. The maximum absolute atomic E-state index is 12.0. The number of anilines is 1. The van der Waals surface area contributed by atoms with E-state index in [1.165, 1.54) is 12.3 Å². The second kappa shape index (κ2) is 6.65. The van der Waals surface area contributed by atoms with Crippen molar-refractivity contribution in [3.63, 3.8) is 0 Å². The number of nitrogen functional groups attached to an aromatic ring is 1. The number of hydrazine groups is 1. The van der Waals surface area contributed by atoms with Gasteiger partial charge in [-0.05, 0) is 22.0 Å². The number of carbonyl (C=O) groups excluding carboxylic acids is 1. The van der Waals surface area contributed by atoms with Gasteiger partial charge in [0.25, 0.3) is 0 Å². The van der Waals surface area contributed by atoms with Crippen molar-refractivity contribution in [2.45, 2.75) is 4.90 Å². The maximum atomic E-state index is 12.0. The summed E-state index contributed by atoms with van der Waals surface area (Å²) in [5.74, 6) is 5.18. The van der Waals surface area contributed by atoms with Gasteiger partial charge >= 0.3 is 6.09 Å². The topological polar surface area (TPSA) is 149 Å². The van der Waals surface area contributed by atoms with Crippen LogP contribution in [-0.2, 0) is 14.8 Å². The van der Waals surface area contributed by atoms with E-state index in [1.807, 2.05) is 0 Å². The number of pyridine rings is 1. The largest absolute Gasteiger partial charge is 0.448 e. The number of hydrogen-bond donors (Lipinski definition) is 4. The number of amides is 1. The molecule has 0 saturated heterocycles. The molecule has 0 fully saturated rings. The molecule has 1 rings (SSSR count). The lowest BCUT2D eigenvalue weighted by molar-refractivity contribution is 0.159. The molecule has 1 heterocycles. The van der Waals surface area contributed by atoms with Crippen LogP contribution in [0.2, 0.25) is 0 Å². The maximum Gasteiger partial charge on any atom is 0.404 e. The van der Waals surface area contributed by atoms with Crippen LogP contribution < -0.4 is 21.7 Å². The van der Waals surface area contributed by atoms with E-state index in [4.69, 9.17) is 11.6 Å². The van der Waals surface area contributed by atoms with Gasteiger partial charge in [-0.1, -0.05) is 0 Å². The van der Waals surface area contributed by atoms with Crippen LogP contribution in [0.25, 0.3) is 0 Å². The number of ether oxygens (including phenoxy) is 1. The summed E-state index contributed by atoms with van der Waals surface area (Å²) >= 11 is 3.11. The fourth-order valence-corrected chi connectivity index (χ4v) is 2.78. The molecule has 19 heavy (non-hydrogen) atoms. The van der Waals surface area contributed by atoms with E-state index in [0.29, 0.717) is 4.47 Å². The molecule has 0 unspecified atom stereocenters. The lowest BCUT2D eigenvalue weighted by Gasteiger charge is -2.10. The zero-order valence-corrected chi connectivity index (χ0v) is 12.0. The van der Waals surface area contributed by atoms with E-state index in [1.54, 1.807) is 0 Å². The van der Waals surface area contributed by atoms with Gasteiger partial charge in [-0.2, -0.15) is 0 Å². The van der Waals surface area contributed by atoms with Crippen LogP contribution in [0.3, 0.4) is 0 Å². The number of primary amides is 1. The Kier molecular flexibility index (Phi) is 5.47. The highest BCUT2D eigenvalue weighted by molar-refractivity contribution is 9.10. The first kappa shape index (κ1) is 15.6. The number of nitrogens with two attached hydrogens (primary N) is 2. The summed E-state index contributed by atoms with van der Waals surface area (Å²) in [6.45, 7) is -0.302. The number of halogens is 1. The van der Waals surface area contributed by atoms with Crippen LogP contribution in [0.15, 0.2) is 21.6 Å². The molecule has 0 saturated carbocycles. The fourth-order valence-electron chi connectivity index (χ4n) is 1.14. The third-order valence-electron chi connectivity index (χ3n) is 1.88. The first-order valence-corrected chi connectivity index (χ1v) is 7.18. The smallest absolute Gasteiger partial charge is 0.404 e. The Hall–Kier alpha value is -1.43. The van der Waals surface area contributed by atoms with Gasteiger partial charge in [-0.3, -0.25) is 0 Å². The summed E-state index contributed by atoms with van der Waals surface area (Å²) in [7, 11) is -3.84. The average molecular weight is 354 g/mol. The van der Waals surface area contributed by atoms with Crippen molar-refractivity contribution in [2.24, 2.45) is 11.6 Å². The van der Waals surface area contributed by atoms with Gasteiger partial charge in [-0.25, -0.2) is 28.8 Å². The Morgan fingerprint density at radius 1 is 1.53 bits per heavy atom. The molecule has 106 valence electrons. The van der Waals surface area contributed by atoms with E-state index in [9.17, 15) is 13.2 Å². The molecule has 9 nitrogen and oxygen atoms in total. The molecule has 0 bridgehead atoms. The quantitative estimate of drug-likeness (QED) is 0.306. The lowest BCUT2D eigenvalue weighted by atomic mass is 10.5. The van der Waals surface area contributed by atoms with Crippen molar-refractivity contribution in [1.29, 1.82) is 0 Å². The Morgan fingerprint density at radius 3 is 2.79 bits per heavy atom. The number of hydrogen-bond acceptors (Lipinski definition) is 7. The van der Waals surface area contributed by atoms with Gasteiger partial charge < -0.3 is 15.9 Å². The van der Waals surface area contributed by atoms with Crippen LogP contribution in [0.4, 0.5) is 10.6 Å². The molecule has 0 aliphatic heterocycles. The van der Waals surface area contributed by atoms with Gasteiger partial charge in [0, 0.05) is 17.2 Å². The molecule has 0 aliphatic rings. The molecule has 0 aliphatic carbocycles. The minimum Gasteiger partial charge on any atom is -0.448 e. The van der Waals surface area contributed by atoms with Crippen molar-refractivity contribution in [3.05, 3.63) is 16.7 Å². The monoisotopic (exact) mass is 353 g/mol. The van der Waals surface area contributed by atoms with Gasteiger partial charge in [0.1, 0.15) is 11.5 Å². The Morgan fingerprint density at radius 2 is 2.21 bits per heavy atom. The van der Waals surface area contributed by atoms with Crippen molar-refractivity contribution in [3.8, 4) is 0 Å². The first-order valence-electron chi connectivity index (χ1n) is 4.91. The highest BCUT2D eigenvalue weighted by Gasteiger charge is 2.19. The minimum absolute atomic E-state index is 0.00785. The highest BCUT2D eigenvalue weighted by Crippen LogP contribution is 2.21.